The third-order valence-corrected chi connectivity index (χ3v) is 4.13. The normalized spacial score (nSPS) is 12.7. The molecule has 2 aromatic rings. The average molecular weight is 363 g/mol. The topological polar surface area (TPSA) is 38.0 Å². The highest BCUT2D eigenvalue weighted by molar-refractivity contribution is 14.1. The lowest BCUT2D eigenvalue weighted by molar-refractivity contribution is 0.215. The molecule has 3 nitrogen and oxygen atoms in total. The summed E-state index contributed by atoms with van der Waals surface area (Å²) in [5.74, 6) is 0. The maximum absolute atomic E-state index is 10.2. The number of aliphatic hydroxyl groups excluding tert-OH is 1. The van der Waals surface area contributed by atoms with Gasteiger partial charge >= 0.3 is 0 Å². The second-order valence-corrected chi connectivity index (χ2v) is 5.27. The highest BCUT2D eigenvalue weighted by atomic mass is 127. The van der Waals surface area contributed by atoms with Gasteiger partial charge in [-0.15, -0.1) is 0 Å². The second kappa shape index (κ2) is 5.37. The Morgan fingerprint density at radius 3 is 2.88 bits per heavy atom. The van der Waals surface area contributed by atoms with Crippen LogP contribution in [-0.4, -0.2) is 14.7 Å². The average Bonchev–Trinajstić information content (AvgIpc) is 2.80. The van der Waals surface area contributed by atoms with Crippen LogP contribution in [0.15, 0.2) is 30.7 Å². The van der Waals surface area contributed by atoms with Gasteiger partial charge in [0.05, 0.1) is 17.0 Å². The largest absolute Gasteiger partial charge is 0.382 e. The number of rotatable bonds is 3. The van der Waals surface area contributed by atoms with Crippen LogP contribution in [0.3, 0.4) is 0 Å². The minimum atomic E-state index is -0.725. The summed E-state index contributed by atoms with van der Waals surface area (Å²) in [5, 5.41) is 10.8. The van der Waals surface area contributed by atoms with Crippen molar-refractivity contribution < 1.29 is 5.11 Å². The molecule has 0 spiro atoms. The van der Waals surface area contributed by atoms with Gasteiger partial charge in [-0.25, -0.2) is 4.98 Å². The van der Waals surface area contributed by atoms with E-state index >= 15 is 0 Å². The lowest BCUT2D eigenvalue weighted by Gasteiger charge is -2.09. The molecule has 1 N–H and O–H groups in total. The van der Waals surface area contributed by atoms with E-state index < -0.39 is 6.10 Å². The van der Waals surface area contributed by atoms with Gasteiger partial charge in [0.2, 0.25) is 0 Å². The second-order valence-electron chi connectivity index (χ2n) is 3.71. The van der Waals surface area contributed by atoms with Crippen molar-refractivity contribution >= 4 is 34.2 Å². The van der Waals surface area contributed by atoms with Gasteiger partial charge in [0.1, 0.15) is 6.10 Å². The molecule has 1 aromatic heterocycles. The third kappa shape index (κ3) is 2.81. The molecular formula is C12H12ClIN2O. The van der Waals surface area contributed by atoms with Crippen molar-refractivity contribution in [2.75, 3.05) is 0 Å². The summed E-state index contributed by atoms with van der Waals surface area (Å²) in [4.78, 5) is 4.18. The third-order valence-electron chi connectivity index (χ3n) is 2.56. The monoisotopic (exact) mass is 362 g/mol. The molecule has 0 aliphatic rings. The Morgan fingerprint density at radius 2 is 2.29 bits per heavy atom. The van der Waals surface area contributed by atoms with E-state index in [4.69, 9.17) is 11.6 Å². The maximum Gasteiger partial charge on any atom is 0.123 e. The first-order valence-electron chi connectivity index (χ1n) is 5.26. The van der Waals surface area contributed by atoms with E-state index in [9.17, 15) is 5.11 Å². The zero-order valence-corrected chi connectivity index (χ0v) is 12.2. The number of hydrogen-bond donors (Lipinski definition) is 1. The first-order chi connectivity index (χ1) is 8.11. The predicted octanol–water partition coefficient (Wildman–Crippen LogP) is 3.24. The van der Waals surface area contributed by atoms with Crippen LogP contribution < -0.4 is 0 Å². The summed E-state index contributed by atoms with van der Waals surface area (Å²) in [6, 6.07) is 5.53. The quantitative estimate of drug-likeness (QED) is 0.851. The molecule has 90 valence electrons. The van der Waals surface area contributed by atoms with Crippen molar-refractivity contribution in [3.05, 3.63) is 50.6 Å². The number of imidazole rings is 1. The number of nitrogens with zero attached hydrogens (tertiary/aromatic N) is 2. The first-order valence-corrected chi connectivity index (χ1v) is 6.72. The van der Waals surface area contributed by atoms with E-state index in [0.29, 0.717) is 10.7 Å². The SMILES string of the molecule is CCn1cnc(C(O)c2ccc(I)c(Cl)c2)c1. The molecule has 0 amide bonds. The highest BCUT2D eigenvalue weighted by Gasteiger charge is 2.14. The highest BCUT2D eigenvalue weighted by Crippen LogP contribution is 2.26. The van der Waals surface area contributed by atoms with Crippen LogP contribution in [-0.2, 0) is 6.54 Å². The number of aliphatic hydroxyl groups is 1. The van der Waals surface area contributed by atoms with Crippen molar-refractivity contribution in [2.45, 2.75) is 19.6 Å². The fraction of sp³-hybridized carbons (Fsp3) is 0.250. The Bertz CT molecular complexity index is 527. The summed E-state index contributed by atoms with van der Waals surface area (Å²) >= 11 is 8.19. The molecule has 1 aromatic carbocycles. The molecule has 0 aliphatic heterocycles. The van der Waals surface area contributed by atoms with Gasteiger partial charge in [-0.1, -0.05) is 17.7 Å². The van der Waals surface area contributed by atoms with Gasteiger partial charge in [-0.05, 0) is 47.2 Å². The van der Waals surface area contributed by atoms with Gasteiger partial charge in [0.15, 0.2) is 0 Å². The van der Waals surface area contributed by atoms with Crippen LogP contribution in [0.5, 0.6) is 0 Å². The van der Waals surface area contributed by atoms with Crippen LogP contribution in [0.4, 0.5) is 0 Å². The zero-order chi connectivity index (χ0) is 12.4. The van der Waals surface area contributed by atoms with Gasteiger partial charge in [0.25, 0.3) is 0 Å². The van der Waals surface area contributed by atoms with Gasteiger partial charge in [-0.3, -0.25) is 0 Å². The van der Waals surface area contributed by atoms with Gasteiger partial charge in [-0.2, -0.15) is 0 Å². The Hall–Kier alpha value is -0.590. The molecule has 0 saturated carbocycles. The van der Waals surface area contributed by atoms with E-state index in [0.717, 1.165) is 15.7 Å². The van der Waals surface area contributed by atoms with Crippen molar-refractivity contribution in [3.63, 3.8) is 0 Å². The van der Waals surface area contributed by atoms with Crippen LogP contribution >= 0.6 is 34.2 Å². The molecule has 17 heavy (non-hydrogen) atoms. The van der Waals surface area contributed by atoms with E-state index in [1.54, 1.807) is 12.4 Å². The molecule has 1 unspecified atom stereocenters. The number of benzene rings is 1. The van der Waals surface area contributed by atoms with Gasteiger partial charge < -0.3 is 9.67 Å². The summed E-state index contributed by atoms with van der Waals surface area (Å²) < 4.78 is 2.90. The zero-order valence-electron chi connectivity index (χ0n) is 9.27. The molecule has 0 radical (unpaired) electrons. The van der Waals surface area contributed by atoms with Crippen LogP contribution in [0.1, 0.15) is 24.3 Å². The van der Waals surface area contributed by atoms with Crippen LogP contribution in [0, 0.1) is 3.57 Å². The fourth-order valence-corrected chi connectivity index (χ4v) is 2.07. The van der Waals surface area contributed by atoms with E-state index in [1.807, 2.05) is 29.8 Å². The van der Waals surface area contributed by atoms with E-state index in [1.165, 1.54) is 0 Å². The van der Waals surface area contributed by atoms with Crippen LogP contribution in [0.2, 0.25) is 5.02 Å². The lowest BCUT2D eigenvalue weighted by atomic mass is 10.1. The first kappa shape index (κ1) is 12.9. The van der Waals surface area contributed by atoms with Crippen molar-refractivity contribution in [3.8, 4) is 0 Å². The summed E-state index contributed by atoms with van der Waals surface area (Å²) in [7, 11) is 0. The van der Waals surface area contributed by atoms with E-state index in [-0.39, 0.29) is 0 Å². The number of hydrogen-bond acceptors (Lipinski definition) is 2. The number of aryl methyl sites for hydroxylation is 1. The number of aromatic nitrogens is 2. The van der Waals surface area contributed by atoms with E-state index in [2.05, 4.69) is 27.6 Å². The Kier molecular flexibility index (Phi) is 4.06. The molecule has 2 rings (SSSR count). The smallest absolute Gasteiger partial charge is 0.123 e. The molecule has 0 bridgehead atoms. The van der Waals surface area contributed by atoms with Crippen molar-refractivity contribution in [1.29, 1.82) is 0 Å². The fourth-order valence-electron chi connectivity index (χ4n) is 1.54. The molecule has 0 fully saturated rings. The van der Waals surface area contributed by atoms with Crippen molar-refractivity contribution in [1.82, 2.24) is 9.55 Å². The van der Waals surface area contributed by atoms with Gasteiger partial charge in [0, 0.05) is 16.3 Å². The Labute approximate surface area is 119 Å². The molecule has 0 saturated heterocycles. The minimum absolute atomic E-state index is 0.643. The predicted molar refractivity (Wildman–Crippen MR) is 76.1 cm³/mol. The standard InChI is InChI=1S/C12H12ClIN2O/c1-2-16-6-11(15-7-16)12(17)8-3-4-10(14)9(13)5-8/h3-7,12,17H,2H2,1H3. The summed E-state index contributed by atoms with van der Waals surface area (Å²) in [6.07, 6.45) is 2.83. The molecular weight excluding hydrogens is 351 g/mol. The Morgan fingerprint density at radius 1 is 1.53 bits per heavy atom. The number of halogens is 2. The maximum atomic E-state index is 10.2. The molecule has 1 heterocycles. The summed E-state index contributed by atoms with van der Waals surface area (Å²) in [6.45, 7) is 2.87. The lowest BCUT2D eigenvalue weighted by Crippen LogP contribution is -2.00. The van der Waals surface area contributed by atoms with Crippen LogP contribution in [0.25, 0.3) is 0 Å². The van der Waals surface area contributed by atoms with Crippen molar-refractivity contribution in [2.24, 2.45) is 0 Å². The molecule has 0 aliphatic carbocycles. The molecule has 1 atom stereocenters. The minimum Gasteiger partial charge on any atom is -0.382 e. The summed E-state index contributed by atoms with van der Waals surface area (Å²) in [5.41, 5.74) is 1.40. The molecule has 5 heteroatoms. The Balaban J connectivity index is 2.29.